The molecule has 0 aliphatic carbocycles. The van der Waals surface area contributed by atoms with Gasteiger partial charge in [-0.05, 0) is 12.1 Å². The van der Waals surface area contributed by atoms with E-state index in [-0.39, 0.29) is 35.1 Å². The largest absolute Gasteiger partial charge is 1.00 e. The van der Waals surface area contributed by atoms with Gasteiger partial charge in [-0.3, -0.25) is 9.11 Å². The predicted molar refractivity (Wildman–Crippen MR) is 91.2 cm³/mol. The number of aliphatic hydroxyl groups excluding tert-OH is 1. The number of carbonyl (C=O) groups is 1. The number of carbonyl (C=O) groups excluding carboxylic acids is 1. The summed E-state index contributed by atoms with van der Waals surface area (Å²) < 4.78 is 87.0. The van der Waals surface area contributed by atoms with E-state index in [1.807, 2.05) is 0 Å². The molecule has 1 aromatic carbocycles. The smallest absolute Gasteiger partial charge is 0.453 e. The van der Waals surface area contributed by atoms with Gasteiger partial charge in [-0.1, -0.05) is 18.2 Å². The van der Waals surface area contributed by atoms with Gasteiger partial charge in [0.2, 0.25) is 0 Å². The zero-order chi connectivity index (χ0) is 21.8. The molecule has 1 heterocycles. The molecule has 0 saturated carbocycles. The topological polar surface area (TPSA) is 192 Å². The summed E-state index contributed by atoms with van der Waals surface area (Å²) in [4.78, 5) is 12.4. The molecule has 1 saturated heterocycles. The Balaban J connectivity index is 0.00000450. The van der Waals surface area contributed by atoms with Crippen molar-refractivity contribution in [3.8, 4) is 0 Å². The van der Waals surface area contributed by atoms with Crippen LogP contribution in [0.15, 0.2) is 30.3 Å². The summed E-state index contributed by atoms with van der Waals surface area (Å²) >= 11 is 0. The molecule has 1 aromatic rings. The molecule has 0 bridgehead atoms. The van der Waals surface area contributed by atoms with Crippen molar-refractivity contribution in [3.05, 3.63) is 35.9 Å². The van der Waals surface area contributed by atoms with Crippen LogP contribution in [-0.2, 0) is 43.4 Å². The van der Waals surface area contributed by atoms with Crippen LogP contribution in [0.3, 0.4) is 0 Å². The maximum absolute atomic E-state index is 12.4. The number of rotatable bonds is 8. The van der Waals surface area contributed by atoms with Gasteiger partial charge in [0.05, 0.1) is 12.2 Å². The molecular weight excluding hydrogens is 463 g/mol. The summed E-state index contributed by atoms with van der Waals surface area (Å²) in [7, 11) is -9.31. The first-order chi connectivity index (χ1) is 13.4. The van der Waals surface area contributed by atoms with E-state index in [4.69, 9.17) is 23.3 Å². The van der Waals surface area contributed by atoms with Crippen LogP contribution in [0.4, 0.5) is 0 Å². The number of aliphatic hydroxyl groups is 1. The number of hydrogen-bond donors (Lipinski definition) is 3. The molecule has 0 radical (unpaired) electrons. The van der Waals surface area contributed by atoms with Gasteiger partial charge >= 0.3 is 56.3 Å². The minimum atomic E-state index is -5.18. The normalized spacial score (nSPS) is 27.1. The molecule has 0 aromatic heterocycles. The van der Waals surface area contributed by atoms with Gasteiger partial charge in [0.15, 0.2) is 18.5 Å². The van der Waals surface area contributed by atoms with Crippen LogP contribution in [0.5, 0.6) is 0 Å². The Labute approximate surface area is 194 Å². The standard InChI is InChI=1S/C14H18O13S2.Na/c1-23-14-12(27-29(20,21)22)11(25-13(16)8-5-3-2-4-6-8)10(9(7-15)24-14)26-28(17,18)19;/h2-6,9-12,14-15H,7H2,1H3,(H,17,18,19)(H,20,21,22);/q;+1/t9-,10-,11+,12+,14+;/m1./s1. The molecule has 3 N–H and O–H groups in total. The fraction of sp³-hybridized carbons (Fsp3) is 0.500. The summed E-state index contributed by atoms with van der Waals surface area (Å²) in [5.74, 6) is -1.06. The zero-order valence-corrected chi connectivity index (χ0v) is 19.4. The van der Waals surface area contributed by atoms with Crippen LogP contribution >= 0.6 is 0 Å². The first kappa shape index (κ1) is 27.3. The Bertz CT molecular complexity index is 857. The van der Waals surface area contributed by atoms with E-state index in [1.54, 1.807) is 6.07 Å². The molecule has 0 amide bonds. The molecule has 5 atom stereocenters. The van der Waals surface area contributed by atoms with Crippen LogP contribution in [-0.4, -0.2) is 81.4 Å². The van der Waals surface area contributed by atoms with E-state index in [0.717, 1.165) is 7.11 Å². The van der Waals surface area contributed by atoms with Crippen LogP contribution < -0.4 is 29.6 Å². The molecule has 1 aliphatic heterocycles. The third-order valence-corrected chi connectivity index (χ3v) is 4.65. The van der Waals surface area contributed by atoms with Gasteiger partial charge in [-0.25, -0.2) is 13.2 Å². The van der Waals surface area contributed by atoms with E-state index in [2.05, 4.69) is 8.37 Å². The van der Waals surface area contributed by atoms with E-state index < -0.39 is 64.1 Å². The second-order valence-corrected chi connectivity index (χ2v) is 7.77. The number of benzene rings is 1. The minimum absolute atomic E-state index is 0. The van der Waals surface area contributed by atoms with Crippen molar-refractivity contribution in [1.29, 1.82) is 0 Å². The molecule has 1 aliphatic rings. The van der Waals surface area contributed by atoms with E-state index in [1.165, 1.54) is 24.3 Å². The quantitative estimate of drug-likeness (QED) is 0.185. The SMILES string of the molecule is CO[C@H]1O[C@H](CO)[C@@H](OS(=O)(=O)O)[C@H](OC(=O)c2ccccc2)[C@@H]1OS(=O)(=O)O.[Na+]. The van der Waals surface area contributed by atoms with E-state index in [9.17, 15) is 26.7 Å². The van der Waals surface area contributed by atoms with Gasteiger partial charge in [-0.2, -0.15) is 16.8 Å². The first-order valence-corrected chi connectivity index (χ1v) is 10.5. The molecule has 0 unspecified atom stereocenters. The van der Waals surface area contributed by atoms with Gasteiger partial charge in [-0.15, -0.1) is 0 Å². The second kappa shape index (κ2) is 11.3. The Morgan fingerprint density at radius 1 is 1.00 bits per heavy atom. The summed E-state index contributed by atoms with van der Waals surface area (Å²) in [6.45, 7) is -0.905. The Morgan fingerprint density at radius 3 is 2.00 bits per heavy atom. The maximum Gasteiger partial charge on any atom is 1.00 e. The molecule has 1 fully saturated rings. The molecule has 30 heavy (non-hydrogen) atoms. The molecule has 16 heteroatoms. The van der Waals surface area contributed by atoms with Gasteiger partial charge in [0, 0.05) is 7.11 Å². The summed E-state index contributed by atoms with van der Waals surface area (Å²) in [6, 6.07) is 7.27. The van der Waals surface area contributed by atoms with Crippen LogP contribution in [0.25, 0.3) is 0 Å². The summed E-state index contributed by atoms with van der Waals surface area (Å²) in [6.07, 6.45) is -9.05. The zero-order valence-electron chi connectivity index (χ0n) is 15.7. The fourth-order valence-electron chi connectivity index (χ4n) is 2.61. The van der Waals surface area contributed by atoms with Crippen LogP contribution in [0.2, 0.25) is 0 Å². The third kappa shape index (κ3) is 7.77. The Morgan fingerprint density at radius 2 is 1.53 bits per heavy atom. The van der Waals surface area contributed by atoms with E-state index >= 15 is 0 Å². The third-order valence-electron chi connectivity index (χ3n) is 3.72. The van der Waals surface area contributed by atoms with Gasteiger partial charge in [0.1, 0.15) is 12.2 Å². The number of ether oxygens (including phenoxy) is 3. The average molecular weight is 481 g/mol. The summed E-state index contributed by atoms with van der Waals surface area (Å²) in [5.41, 5.74) is -0.00952. The molecule has 0 spiro atoms. The Kier molecular flexibility index (Phi) is 10.3. The molecule has 164 valence electrons. The minimum Gasteiger partial charge on any atom is -0.453 e. The average Bonchev–Trinajstić information content (AvgIpc) is 2.63. The monoisotopic (exact) mass is 481 g/mol. The van der Waals surface area contributed by atoms with Crippen molar-refractivity contribution in [2.75, 3.05) is 13.7 Å². The second-order valence-electron chi connectivity index (χ2n) is 5.67. The summed E-state index contributed by atoms with van der Waals surface area (Å²) in [5, 5.41) is 9.47. The van der Waals surface area contributed by atoms with Crippen molar-refractivity contribution >= 4 is 26.8 Å². The van der Waals surface area contributed by atoms with Crippen molar-refractivity contribution in [1.82, 2.24) is 0 Å². The van der Waals surface area contributed by atoms with Gasteiger partial charge < -0.3 is 19.3 Å². The maximum atomic E-state index is 12.4. The van der Waals surface area contributed by atoms with Crippen molar-refractivity contribution in [2.45, 2.75) is 30.7 Å². The number of esters is 1. The number of hydrogen-bond acceptors (Lipinski definition) is 11. The first-order valence-electron chi connectivity index (χ1n) is 7.81. The van der Waals surface area contributed by atoms with Crippen molar-refractivity contribution in [3.63, 3.8) is 0 Å². The van der Waals surface area contributed by atoms with Crippen LogP contribution in [0, 0.1) is 0 Å². The van der Waals surface area contributed by atoms with Crippen molar-refractivity contribution < 1.29 is 88.0 Å². The van der Waals surface area contributed by atoms with Crippen LogP contribution in [0.1, 0.15) is 10.4 Å². The van der Waals surface area contributed by atoms with Gasteiger partial charge in [0.25, 0.3) is 0 Å². The predicted octanol–water partition coefficient (Wildman–Crippen LogP) is -4.04. The molecule has 13 nitrogen and oxygen atoms in total. The number of methoxy groups -OCH3 is 1. The van der Waals surface area contributed by atoms with E-state index in [0.29, 0.717) is 0 Å². The molecular formula is C14H18NaO13S2+. The fourth-order valence-corrected chi connectivity index (χ4v) is 3.61. The Hall–Kier alpha value is -0.690. The van der Waals surface area contributed by atoms with Crippen molar-refractivity contribution in [2.24, 2.45) is 0 Å². The molecule has 2 rings (SSSR count).